The topological polar surface area (TPSA) is 59.9 Å². The maximum atomic E-state index is 12.4. The summed E-state index contributed by atoms with van der Waals surface area (Å²) >= 11 is 0. The average molecular weight is 260 g/mol. The van der Waals surface area contributed by atoms with Crippen molar-refractivity contribution in [3.8, 4) is 0 Å². The molecule has 1 heterocycles. The number of nitrogens with zero attached hydrogens (tertiary/aromatic N) is 2. The maximum absolute atomic E-state index is 12.4. The van der Waals surface area contributed by atoms with Crippen LogP contribution in [-0.2, 0) is 0 Å². The molecule has 0 saturated heterocycles. The van der Waals surface area contributed by atoms with E-state index in [4.69, 9.17) is 0 Å². The molecule has 0 saturated carbocycles. The third-order valence-electron chi connectivity index (χ3n) is 3.42. The van der Waals surface area contributed by atoms with E-state index in [9.17, 15) is 9.59 Å². The van der Waals surface area contributed by atoms with Crippen molar-refractivity contribution in [3.63, 3.8) is 0 Å². The first-order valence-electron chi connectivity index (χ1n) is 6.21. The van der Waals surface area contributed by atoms with Crippen LogP contribution in [0.25, 0.3) is 11.0 Å². The first kappa shape index (κ1) is 11.0. The van der Waals surface area contributed by atoms with E-state index in [2.05, 4.69) is 9.97 Å². The maximum Gasteiger partial charge on any atom is 0.214 e. The summed E-state index contributed by atoms with van der Waals surface area (Å²) in [6.45, 7) is 0. The second kappa shape index (κ2) is 3.81. The van der Waals surface area contributed by atoms with E-state index in [1.807, 2.05) is 12.1 Å². The molecule has 0 radical (unpaired) electrons. The van der Waals surface area contributed by atoms with Crippen molar-refractivity contribution < 1.29 is 9.59 Å². The number of hydrogen-bond donors (Lipinski definition) is 0. The van der Waals surface area contributed by atoms with Gasteiger partial charge in [-0.15, -0.1) is 0 Å². The Hall–Kier alpha value is -2.88. The molecule has 0 atom stereocenters. The van der Waals surface area contributed by atoms with Crippen LogP contribution in [0, 0.1) is 0 Å². The molecular weight excluding hydrogens is 252 g/mol. The highest BCUT2D eigenvalue weighted by atomic mass is 16.1. The summed E-state index contributed by atoms with van der Waals surface area (Å²) < 4.78 is 0. The highest BCUT2D eigenvalue weighted by Gasteiger charge is 2.32. The van der Waals surface area contributed by atoms with Crippen LogP contribution in [0.2, 0.25) is 0 Å². The van der Waals surface area contributed by atoms with Crippen molar-refractivity contribution in [2.24, 2.45) is 0 Å². The molecular formula is C16H8N2O2. The molecule has 1 aliphatic rings. The van der Waals surface area contributed by atoms with Crippen LogP contribution in [0.4, 0.5) is 0 Å². The van der Waals surface area contributed by atoms with Gasteiger partial charge in [-0.1, -0.05) is 36.4 Å². The van der Waals surface area contributed by atoms with Gasteiger partial charge in [0.05, 0.1) is 11.0 Å². The zero-order chi connectivity index (χ0) is 13.7. The van der Waals surface area contributed by atoms with E-state index in [1.54, 1.807) is 36.4 Å². The Bertz CT molecular complexity index is 826. The molecule has 94 valence electrons. The number of carbonyl (C=O) groups is 2. The van der Waals surface area contributed by atoms with Crippen molar-refractivity contribution in [1.82, 2.24) is 9.97 Å². The van der Waals surface area contributed by atoms with Gasteiger partial charge in [-0.05, 0) is 12.1 Å². The SMILES string of the molecule is O=C1c2ccccc2C(=O)c2nc3ccccc3nc21. The van der Waals surface area contributed by atoms with Gasteiger partial charge in [0.25, 0.3) is 0 Å². The smallest absolute Gasteiger partial charge is 0.214 e. The van der Waals surface area contributed by atoms with E-state index in [-0.39, 0.29) is 23.0 Å². The monoisotopic (exact) mass is 260 g/mol. The fraction of sp³-hybridized carbons (Fsp3) is 0. The van der Waals surface area contributed by atoms with Crippen LogP contribution in [0.1, 0.15) is 32.1 Å². The Morgan fingerprint density at radius 1 is 0.600 bits per heavy atom. The van der Waals surface area contributed by atoms with Gasteiger partial charge >= 0.3 is 0 Å². The Morgan fingerprint density at radius 2 is 1.00 bits per heavy atom. The van der Waals surface area contributed by atoms with Gasteiger partial charge in [0.2, 0.25) is 11.6 Å². The summed E-state index contributed by atoms with van der Waals surface area (Å²) in [5, 5.41) is 0. The summed E-state index contributed by atoms with van der Waals surface area (Å²) in [6, 6.07) is 14.0. The van der Waals surface area contributed by atoms with Crippen LogP contribution < -0.4 is 0 Å². The van der Waals surface area contributed by atoms with Crippen LogP contribution in [0.5, 0.6) is 0 Å². The number of aromatic nitrogens is 2. The van der Waals surface area contributed by atoms with Crippen LogP contribution in [0.15, 0.2) is 48.5 Å². The lowest BCUT2D eigenvalue weighted by Crippen LogP contribution is -2.23. The van der Waals surface area contributed by atoms with Crippen molar-refractivity contribution in [3.05, 3.63) is 71.0 Å². The Morgan fingerprint density at radius 3 is 1.45 bits per heavy atom. The minimum Gasteiger partial charge on any atom is -0.287 e. The molecule has 4 nitrogen and oxygen atoms in total. The zero-order valence-corrected chi connectivity index (χ0v) is 10.3. The molecule has 3 aromatic rings. The largest absolute Gasteiger partial charge is 0.287 e. The first-order valence-corrected chi connectivity index (χ1v) is 6.21. The second-order valence-electron chi connectivity index (χ2n) is 4.61. The van der Waals surface area contributed by atoms with E-state index in [1.165, 1.54) is 0 Å². The van der Waals surface area contributed by atoms with E-state index < -0.39 is 0 Å². The molecule has 0 fully saturated rings. The average Bonchev–Trinajstić information content (AvgIpc) is 2.51. The normalized spacial score (nSPS) is 13.2. The molecule has 0 amide bonds. The van der Waals surface area contributed by atoms with E-state index >= 15 is 0 Å². The number of hydrogen-bond acceptors (Lipinski definition) is 4. The van der Waals surface area contributed by atoms with Gasteiger partial charge in [0, 0.05) is 11.1 Å². The van der Waals surface area contributed by atoms with Crippen LogP contribution in [-0.4, -0.2) is 21.5 Å². The highest BCUT2D eigenvalue weighted by molar-refractivity contribution is 6.27. The second-order valence-corrected chi connectivity index (χ2v) is 4.61. The predicted molar refractivity (Wildman–Crippen MR) is 72.8 cm³/mol. The Labute approximate surface area is 114 Å². The number of benzene rings is 2. The summed E-state index contributed by atoms with van der Waals surface area (Å²) in [6.07, 6.45) is 0. The van der Waals surface area contributed by atoms with Gasteiger partial charge in [0.1, 0.15) is 11.4 Å². The summed E-state index contributed by atoms with van der Waals surface area (Å²) in [5.74, 6) is -0.484. The fourth-order valence-electron chi connectivity index (χ4n) is 2.45. The van der Waals surface area contributed by atoms with Crippen molar-refractivity contribution in [2.45, 2.75) is 0 Å². The molecule has 0 aliphatic heterocycles. The van der Waals surface area contributed by atoms with Crippen LogP contribution in [0.3, 0.4) is 0 Å². The van der Waals surface area contributed by atoms with E-state index in [0.717, 1.165) is 0 Å². The summed E-state index contributed by atoms with van der Waals surface area (Å²) in [4.78, 5) is 33.5. The van der Waals surface area contributed by atoms with Crippen molar-refractivity contribution in [1.29, 1.82) is 0 Å². The molecule has 0 unspecified atom stereocenters. The lowest BCUT2D eigenvalue weighted by Gasteiger charge is -2.15. The quantitative estimate of drug-likeness (QED) is 0.487. The van der Waals surface area contributed by atoms with Crippen molar-refractivity contribution >= 4 is 22.6 Å². The van der Waals surface area contributed by atoms with Gasteiger partial charge in [-0.25, -0.2) is 9.97 Å². The third-order valence-corrected chi connectivity index (χ3v) is 3.42. The molecule has 4 heteroatoms. The fourth-order valence-corrected chi connectivity index (χ4v) is 2.45. The minimum atomic E-state index is -0.242. The molecule has 4 rings (SSSR count). The predicted octanol–water partition coefficient (Wildman–Crippen LogP) is 2.41. The molecule has 1 aromatic heterocycles. The molecule has 0 N–H and O–H groups in total. The molecule has 2 aromatic carbocycles. The van der Waals surface area contributed by atoms with Gasteiger partial charge in [0.15, 0.2) is 0 Å². The van der Waals surface area contributed by atoms with Gasteiger partial charge < -0.3 is 0 Å². The summed E-state index contributed by atoms with van der Waals surface area (Å²) in [5.41, 5.74) is 2.32. The standard InChI is InChI=1S/C16H8N2O2/c19-15-9-5-1-2-6-10(9)16(20)14-13(15)17-11-7-3-4-8-12(11)18-14/h1-8H. The van der Waals surface area contributed by atoms with Crippen molar-refractivity contribution in [2.75, 3.05) is 0 Å². The minimum absolute atomic E-state index is 0.146. The highest BCUT2D eigenvalue weighted by Crippen LogP contribution is 2.26. The van der Waals surface area contributed by atoms with Crippen LogP contribution >= 0.6 is 0 Å². The lowest BCUT2D eigenvalue weighted by atomic mass is 9.89. The summed E-state index contributed by atoms with van der Waals surface area (Å²) in [7, 11) is 0. The molecule has 0 spiro atoms. The third kappa shape index (κ3) is 1.36. The van der Waals surface area contributed by atoms with E-state index in [0.29, 0.717) is 22.2 Å². The van der Waals surface area contributed by atoms with Gasteiger partial charge in [-0.2, -0.15) is 0 Å². The molecule has 20 heavy (non-hydrogen) atoms. The lowest BCUT2D eigenvalue weighted by molar-refractivity contribution is 0.0972. The number of carbonyl (C=O) groups excluding carboxylic acids is 2. The zero-order valence-electron chi connectivity index (χ0n) is 10.3. The number of ketones is 2. The number of fused-ring (bicyclic) bond motifs is 3. The molecule has 0 bridgehead atoms. The Balaban J connectivity index is 2.08. The molecule has 1 aliphatic carbocycles. The van der Waals surface area contributed by atoms with Gasteiger partial charge in [-0.3, -0.25) is 9.59 Å². The Kier molecular flexibility index (Phi) is 2.09. The first-order chi connectivity index (χ1) is 9.75. The number of para-hydroxylation sites is 2. The number of rotatable bonds is 0.